The van der Waals surface area contributed by atoms with Gasteiger partial charge in [-0.1, -0.05) is 6.92 Å². The highest BCUT2D eigenvalue weighted by Crippen LogP contribution is 2.24. The maximum absolute atomic E-state index is 12.6. The first-order valence-electron chi connectivity index (χ1n) is 10.3. The molecule has 0 spiro atoms. The van der Waals surface area contributed by atoms with Crippen molar-refractivity contribution in [2.45, 2.75) is 51.2 Å². The summed E-state index contributed by atoms with van der Waals surface area (Å²) in [7, 11) is -3.67. The van der Waals surface area contributed by atoms with Crippen molar-refractivity contribution in [3.8, 4) is 11.8 Å². The van der Waals surface area contributed by atoms with Crippen molar-refractivity contribution < 1.29 is 27.4 Å². The SMILES string of the molecule is CCC1CC(C(=O)OCS(=O)(=O)N2CCC(Oc3ccc(C#N)cc3)CC2)CCO1. The van der Waals surface area contributed by atoms with E-state index in [1.54, 1.807) is 24.3 Å². The molecule has 0 N–H and O–H groups in total. The van der Waals surface area contributed by atoms with Crippen LogP contribution in [-0.4, -0.2) is 56.5 Å². The Bertz CT molecular complexity index is 856. The van der Waals surface area contributed by atoms with E-state index in [9.17, 15) is 13.2 Å². The lowest BCUT2D eigenvalue weighted by Gasteiger charge is -2.31. The summed E-state index contributed by atoms with van der Waals surface area (Å²) < 4.78 is 43.1. The van der Waals surface area contributed by atoms with E-state index in [4.69, 9.17) is 19.5 Å². The quantitative estimate of drug-likeness (QED) is 0.604. The number of ether oxygens (including phenoxy) is 3. The van der Waals surface area contributed by atoms with Gasteiger partial charge in [-0.2, -0.15) is 9.57 Å². The van der Waals surface area contributed by atoms with Gasteiger partial charge in [0.2, 0.25) is 16.0 Å². The molecule has 2 aliphatic rings. The summed E-state index contributed by atoms with van der Waals surface area (Å²) in [5, 5.41) is 8.84. The smallest absolute Gasteiger partial charge is 0.310 e. The summed E-state index contributed by atoms with van der Waals surface area (Å²) in [6, 6.07) is 8.90. The van der Waals surface area contributed by atoms with Gasteiger partial charge in [-0.25, -0.2) is 8.42 Å². The number of nitriles is 1. The van der Waals surface area contributed by atoms with Crippen LogP contribution in [0, 0.1) is 17.2 Å². The fraction of sp³-hybridized carbons (Fsp3) is 0.619. The number of piperidine rings is 1. The normalized spacial score (nSPS) is 23.5. The number of esters is 1. The maximum atomic E-state index is 12.6. The second-order valence-corrected chi connectivity index (χ2v) is 9.58. The number of hydrogen-bond acceptors (Lipinski definition) is 7. The van der Waals surface area contributed by atoms with E-state index < -0.39 is 21.9 Å². The molecule has 9 heteroatoms. The van der Waals surface area contributed by atoms with Crippen LogP contribution in [0.15, 0.2) is 24.3 Å². The molecule has 0 aromatic heterocycles. The summed E-state index contributed by atoms with van der Waals surface area (Å²) in [4.78, 5) is 12.3. The van der Waals surface area contributed by atoms with E-state index in [0.717, 1.165) is 6.42 Å². The van der Waals surface area contributed by atoms with Crippen molar-refractivity contribution in [2.24, 2.45) is 5.92 Å². The Morgan fingerprint density at radius 3 is 2.57 bits per heavy atom. The highest BCUT2D eigenvalue weighted by Gasteiger charge is 2.32. The Kier molecular flexibility index (Phi) is 7.69. The number of hydrogen-bond donors (Lipinski definition) is 0. The lowest BCUT2D eigenvalue weighted by Crippen LogP contribution is -2.43. The van der Waals surface area contributed by atoms with Crippen LogP contribution in [0.2, 0.25) is 0 Å². The van der Waals surface area contributed by atoms with Gasteiger partial charge in [0.15, 0.2) is 0 Å². The molecule has 30 heavy (non-hydrogen) atoms. The number of carbonyl (C=O) groups is 1. The number of carbonyl (C=O) groups excluding carboxylic acids is 1. The minimum Gasteiger partial charge on any atom is -0.490 e. The fourth-order valence-electron chi connectivity index (χ4n) is 3.73. The molecule has 164 valence electrons. The first kappa shape index (κ1) is 22.5. The minimum absolute atomic E-state index is 0.0306. The van der Waals surface area contributed by atoms with E-state index in [-0.39, 0.29) is 18.1 Å². The summed E-state index contributed by atoms with van der Waals surface area (Å²) >= 11 is 0. The molecule has 0 saturated carbocycles. The fourth-order valence-corrected chi connectivity index (χ4v) is 4.91. The standard InChI is InChI=1S/C21H28N2O6S/c1-2-18-13-17(9-12-27-18)21(24)28-15-30(25,26)23-10-7-20(8-11-23)29-19-5-3-16(14-22)4-6-19/h3-6,17-18,20H,2,7-13,15H2,1H3. The second kappa shape index (κ2) is 10.2. The van der Waals surface area contributed by atoms with Gasteiger partial charge < -0.3 is 14.2 Å². The molecule has 0 radical (unpaired) electrons. The second-order valence-electron chi connectivity index (χ2n) is 7.67. The molecule has 2 saturated heterocycles. The molecule has 2 atom stereocenters. The van der Waals surface area contributed by atoms with Gasteiger partial charge in [0.05, 0.1) is 23.7 Å². The lowest BCUT2D eigenvalue weighted by atomic mass is 9.95. The predicted molar refractivity (Wildman–Crippen MR) is 109 cm³/mol. The van der Waals surface area contributed by atoms with E-state index >= 15 is 0 Å². The first-order valence-corrected chi connectivity index (χ1v) is 11.9. The van der Waals surface area contributed by atoms with Gasteiger partial charge in [-0.15, -0.1) is 0 Å². The molecule has 1 aromatic rings. The molecule has 1 aromatic carbocycles. The highest BCUT2D eigenvalue weighted by molar-refractivity contribution is 7.88. The van der Waals surface area contributed by atoms with Crippen LogP contribution in [0.25, 0.3) is 0 Å². The lowest BCUT2D eigenvalue weighted by molar-refractivity contribution is -0.151. The van der Waals surface area contributed by atoms with Gasteiger partial charge >= 0.3 is 5.97 Å². The van der Waals surface area contributed by atoms with E-state index in [1.165, 1.54) is 4.31 Å². The van der Waals surface area contributed by atoms with Crippen molar-refractivity contribution in [3.05, 3.63) is 29.8 Å². The van der Waals surface area contributed by atoms with Crippen LogP contribution in [0.3, 0.4) is 0 Å². The Morgan fingerprint density at radius 2 is 1.93 bits per heavy atom. The zero-order chi connectivity index (χ0) is 21.6. The molecular formula is C21H28N2O6S. The number of benzene rings is 1. The van der Waals surface area contributed by atoms with Gasteiger partial charge in [-0.3, -0.25) is 4.79 Å². The van der Waals surface area contributed by atoms with Crippen molar-refractivity contribution in [1.82, 2.24) is 4.31 Å². The number of rotatable bonds is 7. The van der Waals surface area contributed by atoms with Crippen LogP contribution in [-0.2, 0) is 24.3 Å². The molecule has 2 fully saturated rings. The minimum atomic E-state index is -3.67. The van der Waals surface area contributed by atoms with Gasteiger partial charge in [0.25, 0.3) is 0 Å². The summed E-state index contributed by atoms with van der Waals surface area (Å²) in [5.74, 6) is -0.725. The molecule has 2 heterocycles. The first-order chi connectivity index (χ1) is 14.4. The number of sulfonamides is 1. The van der Waals surface area contributed by atoms with Crippen LogP contribution in [0.4, 0.5) is 0 Å². The van der Waals surface area contributed by atoms with E-state index in [0.29, 0.717) is 56.7 Å². The largest absolute Gasteiger partial charge is 0.490 e. The highest BCUT2D eigenvalue weighted by atomic mass is 32.2. The van der Waals surface area contributed by atoms with E-state index in [1.807, 2.05) is 6.92 Å². The topological polar surface area (TPSA) is 106 Å². The van der Waals surface area contributed by atoms with Crippen molar-refractivity contribution in [3.63, 3.8) is 0 Å². The zero-order valence-corrected chi connectivity index (χ0v) is 18.0. The predicted octanol–water partition coefficient (Wildman–Crippen LogP) is 2.44. The maximum Gasteiger partial charge on any atom is 0.310 e. The average Bonchev–Trinajstić information content (AvgIpc) is 2.78. The van der Waals surface area contributed by atoms with Crippen LogP contribution < -0.4 is 4.74 Å². The molecule has 2 aliphatic heterocycles. The van der Waals surface area contributed by atoms with Gasteiger partial charge in [-0.05, 0) is 56.4 Å². The third-order valence-electron chi connectivity index (χ3n) is 5.59. The Balaban J connectivity index is 1.44. The van der Waals surface area contributed by atoms with Crippen molar-refractivity contribution >= 4 is 16.0 Å². The van der Waals surface area contributed by atoms with Crippen molar-refractivity contribution in [2.75, 3.05) is 25.6 Å². The van der Waals surface area contributed by atoms with Gasteiger partial charge in [0, 0.05) is 19.7 Å². The zero-order valence-electron chi connectivity index (χ0n) is 17.2. The third kappa shape index (κ3) is 5.94. The van der Waals surface area contributed by atoms with Gasteiger partial charge in [0.1, 0.15) is 11.9 Å². The van der Waals surface area contributed by atoms with Crippen LogP contribution in [0.5, 0.6) is 5.75 Å². The summed E-state index contributed by atoms with van der Waals surface area (Å²) in [5.41, 5.74) is 0.559. The molecule has 2 unspecified atom stereocenters. The monoisotopic (exact) mass is 436 g/mol. The summed E-state index contributed by atoms with van der Waals surface area (Å²) in [6.07, 6.45) is 2.99. The molecule has 3 rings (SSSR count). The van der Waals surface area contributed by atoms with Crippen molar-refractivity contribution in [1.29, 1.82) is 5.26 Å². The molecule has 8 nitrogen and oxygen atoms in total. The average molecular weight is 437 g/mol. The van der Waals surface area contributed by atoms with E-state index in [2.05, 4.69) is 6.07 Å². The van der Waals surface area contributed by atoms with Crippen LogP contribution >= 0.6 is 0 Å². The number of nitrogens with zero attached hydrogens (tertiary/aromatic N) is 2. The Labute approximate surface area is 177 Å². The summed E-state index contributed by atoms with van der Waals surface area (Å²) in [6.45, 7) is 3.13. The van der Waals surface area contributed by atoms with Crippen LogP contribution in [0.1, 0.15) is 44.6 Å². The Morgan fingerprint density at radius 1 is 1.23 bits per heavy atom. The molecular weight excluding hydrogens is 408 g/mol. The Hall–Kier alpha value is -2.15. The molecule has 0 amide bonds. The molecule has 0 bridgehead atoms. The third-order valence-corrected chi connectivity index (χ3v) is 7.15. The molecule has 0 aliphatic carbocycles.